The van der Waals surface area contributed by atoms with Crippen LogP contribution in [-0.2, 0) is 6.61 Å². The number of aromatic nitrogens is 2. The third-order valence-electron chi connectivity index (χ3n) is 4.52. The van der Waals surface area contributed by atoms with E-state index in [4.69, 9.17) is 13.9 Å². The number of ether oxygens (including phenoxy) is 2. The maximum absolute atomic E-state index is 5.87. The monoisotopic (exact) mass is 324 g/mol. The van der Waals surface area contributed by atoms with Gasteiger partial charge in [-0.15, -0.1) is 0 Å². The van der Waals surface area contributed by atoms with E-state index in [9.17, 15) is 0 Å². The summed E-state index contributed by atoms with van der Waals surface area (Å²) >= 11 is 0. The zero-order chi connectivity index (χ0) is 16.5. The van der Waals surface area contributed by atoms with E-state index in [1.165, 1.54) is 12.8 Å². The number of benzene rings is 1. The van der Waals surface area contributed by atoms with Crippen molar-refractivity contribution in [2.45, 2.75) is 32.3 Å². The Kier molecular flexibility index (Phi) is 3.84. The van der Waals surface area contributed by atoms with Crippen molar-refractivity contribution in [1.82, 2.24) is 9.97 Å². The lowest BCUT2D eigenvalue weighted by Crippen LogP contribution is -2.18. The highest BCUT2D eigenvalue weighted by Gasteiger charge is 2.30. The number of hydrogen-bond donors (Lipinski definition) is 0. The third-order valence-corrected chi connectivity index (χ3v) is 4.52. The van der Waals surface area contributed by atoms with Gasteiger partial charge in [0.1, 0.15) is 23.6 Å². The van der Waals surface area contributed by atoms with Crippen LogP contribution in [0.5, 0.6) is 11.5 Å². The molecule has 5 heteroatoms. The van der Waals surface area contributed by atoms with Crippen molar-refractivity contribution in [3.63, 3.8) is 0 Å². The number of hydrogen-bond acceptors (Lipinski definition) is 5. The van der Waals surface area contributed by atoms with Gasteiger partial charge in [0.15, 0.2) is 11.5 Å². The predicted molar refractivity (Wildman–Crippen MR) is 90.3 cm³/mol. The van der Waals surface area contributed by atoms with Crippen molar-refractivity contribution in [3.8, 4) is 11.5 Å². The van der Waals surface area contributed by atoms with Crippen LogP contribution >= 0.6 is 0 Å². The highest BCUT2D eigenvalue weighted by atomic mass is 16.5. The summed E-state index contributed by atoms with van der Waals surface area (Å²) < 4.78 is 16.8. The molecular weight excluding hydrogens is 304 g/mol. The van der Waals surface area contributed by atoms with E-state index in [-0.39, 0.29) is 0 Å². The lowest BCUT2D eigenvalue weighted by Gasteiger charge is -2.29. The second-order valence-electron chi connectivity index (χ2n) is 6.43. The summed E-state index contributed by atoms with van der Waals surface area (Å²) in [6, 6.07) is 9.52. The fourth-order valence-corrected chi connectivity index (χ4v) is 3.07. The first-order valence-electron chi connectivity index (χ1n) is 8.23. The predicted octanol–water partition coefficient (Wildman–Crippen LogP) is 4.32. The molecule has 0 unspecified atom stereocenters. The molecule has 0 N–H and O–H groups in total. The average Bonchev–Trinajstić information content (AvgIpc) is 3.00. The molecule has 0 bridgehead atoms. The van der Waals surface area contributed by atoms with Gasteiger partial charge in [-0.3, -0.25) is 4.98 Å². The topological polar surface area (TPSA) is 57.4 Å². The second-order valence-corrected chi connectivity index (χ2v) is 6.43. The molecule has 0 atom stereocenters. The number of pyridine rings is 1. The van der Waals surface area contributed by atoms with Gasteiger partial charge in [-0.2, -0.15) is 0 Å². The molecule has 1 saturated carbocycles. The summed E-state index contributed by atoms with van der Waals surface area (Å²) in [5.74, 6) is 3.61. The van der Waals surface area contributed by atoms with Gasteiger partial charge in [-0.05, 0) is 43.0 Å². The van der Waals surface area contributed by atoms with Gasteiger partial charge in [0, 0.05) is 12.0 Å². The van der Waals surface area contributed by atoms with E-state index in [1.54, 1.807) is 13.3 Å². The summed E-state index contributed by atoms with van der Waals surface area (Å²) in [7, 11) is 1.62. The lowest BCUT2D eigenvalue weighted by atomic mass is 9.76. The minimum absolute atomic E-state index is 0.403. The second kappa shape index (κ2) is 6.15. The standard InChI is InChI=1S/C19H20N2O3/c1-12-7-13(8-12)19-21-17-9-15(5-6-18(17)24-19)23-11-14-3-4-16(22-2)10-20-14/h3-6,9-10,12-13H,7-8,11H2,1-2H3. The minimum Gasteiger partial charge on any atom is -0.495 e. The zero-order valence-electron chi connectivity index (χ0n) is 13.9. The van der Waals surface area contributed by atoms with Gasteiger partial charge < -0.3 is 13.9 Å². The highest BCUT2D eigenvalue weighted by Crippen LogP contribution is 2.41. The summed E-state index contributed by atoms with van der Waals surface area (Å²) in [4.78, 5) is 8.92. The summed E-state index contributed by atoms with van der Waals surface area (Å²) in [6.45, 7) is 2.67. The van der Waals surface area contributed by atoms with Crippen LogP contribution in [-0.4, -0.2) is 17.1 Å². The first kappa shape index (κ1) is 15.0. The molecule has 24 heavy (non-hydrogen) atoms. The summed E-state index contributed by atoms with van der Waals surface area (Å²) in [5, 5.41) is 0. The van der Waals surface area contributed by atoms with Crippen LogP contribution in [0.1, 0.15) is 37.3 Å². The van der Waals surface area contributed by atoms with E-state index in [0.717, 1.165) is 40.1 Å². The molecule has 1 aliphatic rings. The van der Waals surface area contributed by atoms with Crippen molar-refractivity contribution in [2.75, 3.05) is 7.11 Å². The number of nitrogens with zero attached hydrogens (tertiary/aromatic N) is 2. The van der Waals surface area contributed by atoms with Crippen LogP contribution in [0.25, 0.3) is 11.1 Å². The molecule has 2 heterocycles. The Morgan fingerprint density at radius 3 is 2.71 bits per heavy atom. The Morgan fingerprint density at radius 2 is 2.00 bits per heavy atom. The number of methoxy groups -OCH3 is 1. The Labute approximate surface area is 140 Å². The highest BCUT2D eigenvalue weighted by molar-refractivity contribution is 5.74. The molecule has 1 fully saturated rings. The maximum Gasteiger partial charge on any atom is 0.198 e. The molecule has 2 aromatic heterocycles. The van der Waals surface area contributed by atoms with Crippen molar-refractivity contribution < 1.29 is 13.9 Å². The number of oxazole rings is 1. The zero-order valence-corrected chi connectivity index (χ0v) is 13.9. The molecule has 3 aromatic rings. The molecular formula is C19H20N2O3. The van der Waals surface area contributed by atoms with Crippen molar-refractivity contribution in [1.29, 1.82) is 0 Å². The fourth-order valence-electron chi connectivity index (χ4n) is 3.07. The van der Waals surface area contributed by atoms with Crippen LogP contribution in [0.3, 0.4) is 0 Å². The SMILES string of the molecule is COc1ccc(COc2ccc3oc(C4CC(C)C4)nc3c2)nc1. The van der Waals surface area contributed by atoms with Crippen LogP contribution in [0, 0.1) is 5.92 Å². The molecule has 4 rings (SSSR count). The van der Waals surface area contributed by atoms with Crippen LogP contribution in [0.4, 0.5) is 0 Å². The Morgan fingerprint density at radius 1 is 1.17 bits per heavy atom. The molecule has 0 radical (unpaired) electrons. The molecule has 0 aliphatic heterocycles. The van der Waals surface area contributed by atoms with Crippen molar-refractivity contribution in [3.05, 3.63) is 48.1 Å². The quantitative estimate of drug-likeness (QED) is 0.699. The van der Waals surface area contributed by atoms with Gasteiger partial charge in [0.05, 0.1) is 19.0 Å². The van der Waals surface area contributed by atoms with Gasteiger partial charge >= 0.3 is 0 Å². The van der Waals surface area contributed by atoms with E-state index >= 15 is 0 Å². The molecule has 1 aromatic carbocycles. The van der Waals surface area contributed by atoms with Crippen LogP contribution in [0.15, 0.2) is 40.9 Å². The normalized spacial score (nSPS) is 19.9. The lowest BCUT2D eigenvalue weighted by molar-refractivity contribution is 0.250. The average molecular weight is 324 g/mol. The largest absolute Gasteiger partial charge is 0.495 e. The smallest absolute Gasteiger partial charge is 0.198 e. The maximum atomic E-state index is 5.87. The van der Waals surface area contributed by atoms with Gasteiger partial charge in [0.2, 0.25) is 0 Å². The van der Waals surface area contributed by atoms with E-state index < -0.39 is 0 Å². The number of fused-ring (bicyclic) bond motifs is 1. The number of rotatable bonds is 5. The van der Waals surface area contributed by atoms with E-state index in [1.807, 2.05) is 30.3 Å². The fraction of sp³-hybridized carbons (Fsp3) is 0.368. The van der Waals surface area contributed by atoms with Gasteiger partial charge in [0.25, 0.3) is 0 Å². The molecule has 5 nitrogen and oxygen atoms in total. The molecule has 0 spiro atoms. The molecule has 0 amide bonds. The van der Waals surface area contributed by atoms with E-state index in [2.05, 4.69) is 16.9 Å². The van der Waals surface area contributed by atoms with Crippen molar-refractivity contribution in [2.24, 2.45) is 5.92 Å². The first-order valence-corrected chi connectivity index (χ1v) is 8.23. The van der Waals surface area contributed by atoms with Crippen LogP contribution in [0.2, 0.25) is 0 Å². The van der Waals surface area contributed by atoms with Gasteiger partial charge in [-0.1, -0.05) is 6.92 Å². The molecule has 1 aliphatic carbocycles. The molecule has 0 saturated heterocycles. The third kappa shape index (κ3) is 2.94. The summed E-state index contributed by atoms with van der Waals surface area (Å²) in [6.07, 6.45) is 4.02. The Bertz CT molecular complexity index is 835. The van der Waals surface area contributed by atoms with Gasteiger partial charge in [-0.25, -0.2) is 4.98 Å². The molecule has 124 valence electrons. The first-order chi connectivity index (χ1) is 11.7. The Balaban J connectivity index is 1.45. The van der Waals surface area contributed by atoms with E-state index in [0.29, 0.717) is 12.5 Å². The summed E-state index contributed by atoms with van der Waals surface area (Å²) in [5.41, 5.74) is 2.52. The minimum atomic E-state index is 0.403. The Hall–Kier alpha value is -2.56. The van der Waals surface area contributed by atoms with Crippen LogP contribution < -0.4 is 9.47 Å². The van der Waals surface area contributed by atoms with Crippen molar-refractivity contribution >= 4 is 11.1 Å².